The van der Waals surface area contributed by atoms with Crippen molar-refractivity contribution in [2.75, 3.05) is 12.4 Å². The van der Waals surface area contributed by atoms with Crippen LogP contribution in [-0.4, -0.2) is 22.9 Å². The number of carbonyl (C=O) groups is 1. The van der Waals surface area contributed by atoms with E-state index in [1.807, 2.05) is 20.0 Å². The minimum Gasteiger partial charge on any atom is -0.463 e. The average molecular weight is 249 g/mol. The zero-order valence-electron chi connectivity index (χ0n) is 10.6. The van der Waals surface area contributed by atoms with Gasteiger partial charge in [-0.1, -0.05) is 0 Å². The number of hydrogen-bond acceptors (Lipinski definition) is 5. The molecule has 0 aliphatic rings. The molecular formula is C12H15N3O3. The highest BCUT2D eigenvalue weighted by Gasteiger charge is 2.11. The average Bonchev–Trinajstić information content (AvgIpc) is 2.94. The largest absolute Gasteiger partial charge is 0.463 e. The lowest BCUT2D eigenvalue weighted by atomic mass is 10.4. The molecule has 0 fully saturated rings. The van der Waals surface area contributed by atoms with Gasteiger partial charge in [-0.3, -0.25) is 4.68 Å². The van der Waals surface area contributed by atoms with Crippen LogP contribution in [0.3, 0.4) is 0 Å². The van der Waals surface area contributed by atoms with Crippen LogP contribution >= 0.6 is 0 Å². The summed E-state index contributed by atoms with van der Waals surface area (Å²) in [5.41, 5.74) is 1.06. The van der Waals surface area contributed by atoms with E-state index in [9.17, 15) is 4.79 Å². The number of aryl methyl sites for hydroxylation is 2. The normalized spacial score (nSPS) is 10.4. The Bertz CT molecular complexity index is 537. The molecule has 0 saturated heterocycles. The van der Waals surface area contributed by atoms with Crippen molar-refractivity contribution in [2.24, 2.45) is 7.05 Å². The molecule has 0 spiro atoms. The molecule has 1 N–H and O–H groups in total. The fourth-order valence-electron chi connectivity index (χ4n) is 1.51. The van der Waals surface area contributed by atoms with Gasteiger partial charge in [-0.25, -0.2) is 4.79 Å². The van der Waals surface area contributed by atoms with Gasteiger partial charge in [0, 0.05) is 18.8 Å². The minimum absolute atomic E-state index is 0.200. The number of aromatic nitrogens is 2. The van der Waals surface area contributed by atoms with Gasteiger partial charge >= 0.3 is 5.97 Å². The Morgan fingerprint density at radius 3 is 2.94 bits per heavy atom. The third-order valence-corrected chi connectivity index (χ3v) is 2.61. The van der Waals surface area contributed by atoms with Gasteiger partial charge in [0.25, 0.3) is 0 Å². The van der Waals surface area contributed by atoms with Gasteiger partial charge in [-0.15, -0.1) is 0 Å². The minimum atomic E-state index is -0.477. The molecule has 0 radical (unpaired) electrons. The van der Waals surface area contributed by atoms with E-state index in [2.05, 4.69) is 15.2 Å². The number of esters is 1. The fraction of sp³-hybridized carbons (Fsp3) is 0.333. The van der Waals surface area contributed by atoms with Crippen molar-refractivity contribution < 1.29 is 13.9 Å². The molecule has 2 heterocycles. The van der Waals surface area contributed by atoms with Crippen LogP contribution in [-0.2, 0) is 18.3 Å². The van der Waals surface area contributed by atoms with E-state index in [1.54, 1.807) is 16.8 Å². The number of rotatable bonds is 4. The highest BCUT2D eigenvalue weighted by Crippen LogP contribution is 2.12. The lowest BCUT2D eigenvalue weighted by Crippen LogP contribution is -2.01. The van der Waals surface area contributed by atoms with E-state index < -0.39 is 5.97 Å². The van der Waals surface area contributed by atoms with Gasteiger partial charge in [0.05, 0.1) is 13.7 Å². The maximum atomic E-state index is 11.2. The second-order valence-electron chi connectivity index (χ2n) is 3.91. The number of hydrogen-bond donors (Lipinski definition) is 1. The first-order chi connectivity index (χ1) is 8.60. The van der Waals surface area contributed by atoms with Gasteiger partial charge in [-0.2, -0.15) is 5.10 Å². The molecule has 0 saturated carbocycles. The number of nitrogens with one attached hydrogen (secondary N) is 1. The highest BCUT2D eigenvalue weighted by molar-refractivity contribution is 5.86. The third-order valence-electron chi connectivity index (χ3n) is 2.61. The Kier molecular flexibility index (Phi) is 3.36. The smallest absolute Gasteiger partial charge is 0.373 e. The molecule has 2 rings (SSSR count). The van der Waals surface area contributed by atoms with E-state index in [4.69, 9.17) is 4.42 Å². The van der Waals surface area contributed by atoms with Gasteiger partial charge in [0.2, 0.25) is 5.76 Å². The summed E-state index contributed by atoms with van der Waals surface area (Å²) in [4.78, 5) is 11.2. The number of ether oxygens (including phenoxy) is 1. The van der Waals surface area contributed by atoms with E-state index in [-0.39, 0.29) is 5.76 Å². The molecule has 0 aliphatic heterocycles. The van der Waals surface area contributed by atoms with Crippen molar-refractivity contribution in [3.05, 3.63) is 35.4 Å². The van der Waals surface area contributed by atoms with Crippen molar-refractivity contribution in [1.29, 1.82) is 0 Å². The molecule has 6 nitrogen and oxygen atoms in total. The first-order valence-electron chi connectivity index (χ1n) is 5.51. The first-order valence-corrected chi connectivity index (χ1v) is 5.51. The Morgan fingerprint density at radius 2 is 2.33 bits per heavy atom. The summed E-state index contributed by atoms with van der Waals surface area (Å²) in [5.74, 6) is 1.14. The molecule has 0 unspecified atom stereocenters. The Balaban J connectivity index is 1.98. The zero-order valence-corrected chi connectivity index (χ0v) is 10.6. The number of anilines is 1. The van der Waals surface area contributed by atoms with Crippen LogP contribution in [0.25, 0.3) is 0 Å². The van der Waals surface area contributed by atoms with Crippen LogP contribution in [0.15, 0.2) is 22.6 Å². The standard InChI is InChI=1S/C12H15N3O3/c1-8-6-11(14-15(8)2)13-7-9-4-5-10(18-9)12(16)17-3/h4-6H,7H2,1-3H3,(H,13,14). The van der Waals surface area contributed by atoms with E-state index in [1.165, 1.54) is 7.11 Å². The summed E-state index contributed by atoms with van der Waals surface area (Å²) in [6.45, 7) is 2.44. The van der Waals surface area contributed by atoms with E-state index in [0.29, 0.717) is 12.3 Å². The molecule has 2 aromatic rings. The summed E-state index contributed by atoms with van der Waals surface area (Å²) in [6, 6.07) is 5.26. The molecule has 96 valence electrons. The van der Waals surface area contributed by atoms with Crippen LogP contribution in [0.1, 0.15) is 22.0 Å². The van der Waals surface area contributed by atoms with Gasteiger partial charge in [0.15, 0.2) is 0 Å². The van der Waals surface area contributed by atoms with Gasteiger partial charge in [-0.05, 0) is 19.1 Å². The first kappa shape index (κ1) is 12.2. The Labute approximate surface area is 105 Å². The topological polar surface area (TPSA) is 69.3 Å². The van der Waals surface area contributed by atoms with Crippen LogP contribution in [0.4, 0.5) is 5.82 Å². The lowest BCUT2D eigenvalue weighted by molar-refractivity contribution is 0.0563. The summed E-state index contributed by atoms with van der Waals surface area (Å²) < 4.78 is 11.7. The zero-order chi connectivity index (χ0) is 13.1. The highest BCUT2D eigenvalue weighted by atomic mass is 16.5. The van der Waals surface area contributed by atoms with Crippen molar-refractivity contribution in [3.63, 3.8) is 0 Å². The van der Waals surface area contributed by atoms with Gasteiger partial charge in [0.1, 0.15) is 11.6 Å². The summed E-state index contributed by atoms with van der Waals surface area (Å²) in [5, 5.41) is 7.37. The molecular weight excluding hydrogens is 234 g/mol. The second kappa shape index (κ2) is 4.95. The van der Waals surface area contributed by atoms with Crippen LogP contribution in [0.5, 0.6) is 0 Å². The molecule has 6 heteroatoms. The Hall–Kier alpha value is -2.24. The van der Waals surface area contributed by atoms with E-state index in [0.717, 1.165) is 11.5 Å². The SMILES string of the molecule is COC(=O)c1ccc(CNc2cc(C)n(C)n2)o1. The molecule has 0 amide bonds. The summed E-state index contributed by atoms with van der Waals surface area (Å²) in [6.07, 6.45) is 0. The third kappa shape index (κ3) is 2.53. The molecule has 0 aromatic carbocycles. The number of methoxy groups -OCH3 is 1. The maximum Gasteiger partial charge on any atom is 0.373 e. The fourth-order valence-corrected chi connectivity index (χ4v) is 1.51. The number of carbonyl (C=O) groups excluding carboxylic acids is 1. The summed E-state index contributed by atoms with van der Waals surface area (Å²) >= 11 is 0. The van der Waals surface area contributed by atoms with Gasteiger partial charge < -0.3 is 14.5 Å². The molecule has 0 aliphatic carbocycles. The molecule has 0 atom stereocenters. The monoisotopic (exact) mass is 249 g/mol. The molecule has 0 bridgehead atoms. The van der Waals surface area contributed by atoms with Crippen LogP contribution in [0.2, 0.25) is 0 Å². The van der Waals surface area contributed by atoms with Crippen molar-refractivity contribution >= 4 is 11.8 Å². The van der Waals surface area contributed by atoms with Crippen molar-refractivity contribution in [3.8, 4) is 0 Å². The number of furan rings is 1. The van der Waals surface area contributed by atoms with Crippen molar-refractivity contribution in [1.82, 2.24) is 9.78 Å². The Morgan fingerprint density at radius 1 is 1.56 bits per heavy atom. The van der Waals surface area contributed by atoms with Crippen LogP contribution in [0, 0.1) is 6.92 Å². The molecule has 18 heavy (non-hydrogen) atoms. The predicted molar refractivity (Wildman–Crippen MR) is 65.3 cm³/mol. The quantitative estimate of drug-likeness (QED) is 0.835. The predicted octanol–water partition coefficient (Wildman–Crippen LogP) is 1.72. The van der Waals surface area contributed by atoms with E-state index >= 15 is 0 Å². The lowest BCUT2D eigenvalue weighted by Gasteiger charge is -1.99. The van der Waals surface area contributed by atoms with Crippen molar-refractivity contribution in [2.45, 2.75) is 13.5 Å². The second-order valence-corrected chi connectivity index (χ2v) is 3.91. The summed E-state index contributed by atoms with van der Waals surface area (Å²) in [7, 11) is 3.20. The van der Waals surface area contributed by atoms with Crippen LogP contribution < -0.4 is 5.32 Å². The maximum absolute atomic E-state index is 11.2. The number of nitrogens with zero attached hydrogens (tertiary/aromatic N) is 2. The molecule has 2 aromatic heterocycles.